The zero-order valence-corrected chi connectivity index (χ0v) is 16.5. The molecule has 8 heteroatoms. The molecule has 1 saturated carbocycles. The molecular weight excluding hydrogens is 366 g/mol. The van der Waals surface area contributed by atoms with E-state index in [2.05, 4.69) is 37.5 Å². The Labute approximate surface area is 168 Å². The summed E-state index contributed by atoms with van der Waals surface area (Å²) in [7, 11) is 3.44. The van der Waals surface area contributed by atoms with E-state index in [1.807, 2.05) is 25.4 Å². The van der Waals surface area contributed by atoms with Crippen molar-refractivity contribution in [2.24, 2.45) is 0 Å². The number of hydrogen-bond acceptors (Lipinski definition) is 5. The quantitative estimate of drug-likeness (QED) is 0.559. The summed E-state index contributed by atoms with van der Waals surface area (Å²) in [6.07, 6.45) is 10.4. The van der Waals surface area contributed by atoms with Gasteiger partial charge < -0.3 is 15.2 Å². The Kier molecular flexibility index (Phi) is 4.19. The van der Waals surface area contributed by atoms with Gasteiger partial charge in [0.15, 0.2) is 5.65 Å². The van der Waals surface area contributed by atoms with E-state index in [0.29, 0.717) is 17.3 Å². The zero-order valence-electron chi connectivity index (χ0n) is 16.5. The number of nitrogens with one attached hydrogen (secondary N) is 2. The summed E-state index contributed by atoms with van der Waals surface area (Å²) < 4.78 is 3.96. The SMILES string of the molecule is CNC(=O)c1cnn2c(NC)cc(-c3cn(C4CCCC4)c4ncccc34)nc12. The Morgan fingerprint density at radius 3 is 2.79 bits per heavy atom. The van der Waals surface area contributed by atoms with E-state index in [4.69, 9.17) is 4.98 Å². The van der Waals surface area contributed by atoms with Crippen LogP contribution >= 0.6 is 0 Å². The minimum absolute atomic E-state index is 0.207. The van der Waals surface area contributed by atoms with Crippen molar-refractivity contribution in [1.82, 2.24) is 29.5 Å². The summed E-state index contributed by atoms with van der Waals surface area (Å²) in [4.78, 5) is 21.8. The van der Waals surface area contributed by atoms with Crippen LogP contribution in [-0.4, -0.2) is 44.2 Å². The second kappa shape index (κ2) is 6.88. The van der Waals surface area contributed by atoms with Crippen LogP contribution < -0.4 is 10.6 Å². The molecule has 148 valence electrons. The summed E-state index contributed by atoms with van der Waals surface area (Å²) in [5, 5.41) is 11.2. The average Bonchev–Trinajstić information content (AvgIpc) is 3.50. The number of amides is 1. The summed E-state index contributed by atoms with van der Waals surface area (Å²) in [5.41, 5.74) is 3.77. The van der Waals surface area contributed by atoms with Crippen LogP contribution in [0.4, 0.5) is 5.82 Å². The maximum Gasteiger partial charge on any atom is 0.256 e. The lowest BCUT2D eigenvalue weighted by Gasteiger charge is -2.12. The van der Waals surface area contributed by atoms with Gasteiger partial charge in [-0.15, -0.1) is 0 Å². The molecule has 8 nitrogen and oxygen atoms in total. The Morgan fingerprint density at radius 1 is 1.21 bits per heavy atom. The van der Waals surface area contributed by atoms with Crippen LogP contribution in [-0.2, 0) is 0 Å². The van der Waals surface area contributed by atoms with E-state index in [1.165, 1.54) is 25.7 Å². The van der Waals surface area contributed by atoms with Crippen LogP contribution in [0.3, 0.4) is 0 Å². The lowest BCUT2D eigenvalue weighted by atomic mass is 10.1. The topological polar surface area (TPSA) is 89.1 Å². The molecule has 29 heavy (non-hydrogen) atoms. The van der Waals surface area contributed by atoms with E-state index >= 15 is 0 Å². The monoisotopic (exact) mass is 389 g/mol. The van der Waals surface area contributed by atoms with Crippen molar-refractivity contribution in [3.05, 3.63) is 42.4 Å². The number of rotatable bonds is 4. The summed E-state index contributed by atoms with van der Waals surface area (Å²) >= 11 is 0. The van der Waals surface area contributed by atoms with Crippen molar-refractivity contribution < 1.29 is 4.79 Å². The zero-order chi connectivity index (χ0) is 20.0. The fraction of sp³-hybridized carbons (Fsp3) is 0.333. The Morgan fingerprint density at radius 2 is 2.03 bits per heavy atom. The molecule has 1 fully saturated rings. The van der Waals surface area contributed by atoms with Gasteiger partial charge in [-0.3, -0.25) is 4.79 Å². The third-order valence-corrected chi connectivity index (χ3v) is 5.78. The number of fused-ring (bicyclic) bond motifs is 2. The molecule has 0 aromatic carbocycles. The normalized spacial score (nSPS) is 14.7. The summed E-state index contributed by atoms with van der Waals surface area (Å²) in [5.74, 6) is 0.563. The van der Waals surface area contributed by atoms with E-state index in [1.54, 1.807) is 17.8 Å². The molecule has 0 radical (unpaired) electrons. The van der Waals surface area contributed by atoms with Crippen molar-refractivity contribution in [1.29, 1.82) is 0 Å². The predicted molar refractivity (Wildman–Crippen MR) is 112 cm³/mol. The van der Waals surface area contributed by atoms with Gasteiger partial charge in [-0.2, -0.15) is 9.61 Å². The molecule has 0 unspecified atom stereocenters. The van der Waals surface area contributed by atoms with Crippen molar-refractivity contribution in [3.63, 3.8) is 0 Å². The molecule has 1 aliphatic carbocycles. The molecule has 0 aliphatic heterocycles. The summed E-state index contributed by atoms with van der Waals surface area (Å²) in [6.45, 7) is 0. The maximum atomic E-state index is 12.3. The van der Waals surface area contributed by atoms with Crippen LogP contribution in [0.25, 0.3) is 27.9 Å². The minimum Gasteiger partial charge on any atom is -0.373 e. The smallest absolute Gasteiger partial charge is 0.256 e. The molecule has 5 rings (SSSR count). The molecule has 4 heterocycles. The van der Waals surface area contributed by atoms with Gasteiger partial charge in [-0.25, -0.2) is 9.97 Å². The van der Waals surface area contributed by atoms with Gasteiger partial charge in [-0.1, -0.05) is 12.8 Å². The number of hydrogen-bond donors (Lipinski definition) is 2. The Hall–Kier alpha value is -3.42. The third kappa shape index (κ3) is 2.74. The Bertz CT molecular complexity index is 1220. The highest BCUT2D eigenvalue weighted by atomic mass is 16.1. The number of carbonyl (C=O) groups excluding carboxylic acids is 1. The first-order valence-electron chi connectivity index (χ1n) is 9.96. The van der Waals surface area contributed by atoms with E-state index < -0.39 is 0 Å². The van der Waals surface area contributed by atoms with Crippen LogP contribution in [0.2, 0.25) is 0 Å². The number of anilines is 1. The van der Waals surface area contributed by atoms with Gasteiger partial charge in [0.25, 0.3) is 5.91 Å². The molecule has 0 bridgehead atoms. The standard InChI is InChI=1S/C21H23N7O/c1-22-18-10-17(26-20-15(21(29)23-2)11-25-28(18)20)16-12-27(13-6-3-4-7-13)19-14(16)8-5-9-24-19/h5,8-13,22H,3-4,6-7H2,1-2H3,(H,23,29). The maximum absolute atomic E-state index is 12.3. The molecule has 2 N–H and O–H groups in total. The van der Waals surface area contributed by atoms with Crippen molar-refractivity contribution in [2.75, 3.05) is 19.4 Å². The molecule has 0 saturated heterocycles. The molecule has 4 aromatic heterocycles. The van der Waals surface area contributed by atoms with Gasteiger partial charge in [-0.05, 0) is 25.0 Å². The largest absolute Gasteiger partial charge is 0.373 e. The second-order valence-corrected chi connectivity index (χ2v) is 7.41. The van der Waals surface area contributed by atoms with Crippen molar-refractivity contribution in [3.8, 4) is 11.3 Å². The first-order valence-corrected chi connectivity index (χ1v) is 9.96. The number of pyridine rings is 1. The average molecular weight is 389 g/mol. The lowest BCUT2D eigenvalue weighted by molar-refractivity contribution is 0.0964. The van der Waals surface area contributed by atoms with Gasteiger partial charge >= 0.3 is 0 Å². The van der Waals surface area contributed by atoms with Gasteiger partial charge in [0.1, 0.15) is 17.0 Å². The number of nitrogens with zero attached hydrogens (tertiary/aromatic N) is 5. The van der Waals surface area contributed by atoms with Crippen molar-refractivity contribution in [2.45, 2.75) is 31.7 Å². The fourth-order valence-corrected chi connectivity index (χ4v) is 4.32. The van der Waals surface area contributed by atoms with E-state index in [0.717, 1.165) is 28.1 Å². The predicted octanol–water partition coefficient (Wildman–Crippen LogP) is 3.26. The van der Waals surface area contributed by atoms with Gasteiger partial charge in [0.2, 0.25) is 0 Å². The van der Waals surface area contributed by atoms with Crippen molar-refractivity contribution >= 4 is 28.4 Å². The first-order chi connectivity index (χ1) is 14.2. The minimum atomic E-state index is -0.207. The number of aromatic nitrogens is 5. The second-order valence-electron chi connectivity index (χ2n) is 7.41. The molecule has 1 aliphatic rings. The highest BCUT2D eigenvalue weighted by Gasteiger charge is 2.23. The van der Waals surface area contributed by atoms with E-state index in [-0.39, 0.29) is 5.91 Å². The fourth-order valence-electron chi connectivity index (χ4n) is 4.32. The van der Waals surface area contributed by atoms with Crippen LogP contribution in [0, 0.1) is 0 Å². The Balaban J connectivity index is 1.75. The highest BCUT2D eigenvalue weighted by Crippen LogP contribution is 2.37. The van der Waals surface area contributed by atoms with Gasteiger partial charge in [0, 0.05) is 49.5 Å². The van der Waals surface area contributed by atoms with Crippen LogP contribution in [0.15, 0.2) is 36.8 Å². The molecule has 1 amide bonds. The molecule has 0 spiro atoms. The molecular formula is C21H23N7O. The first kappa shape index (κ1) is 17.7. The van der Waals surface area contributed by atoms with Crippen LogP contribution in [0.5, 0.6) is 0 Å². The number of carbonyl (C=O) groups is 1. The molecule has 4 aromatic rings. The van der Waals surface area contributed by atoms with E-state index in [9.17, 15) is 4.79 Å². The molecule has 0 atom stereocenters. The van der Waals surface area contributed by atoms with Gasteiger partial charge in [0.05, 0.1) is 11.9 Å². The third-order valence-electron chi connectivity index (χ3n) is 5.78. The highest BCUT2D eigenvalue weighted by molar-refractivity contribution is 6.00. The summed E-state index contributed by atoms with van der Waals surface area (Å²) in [6, 6.07) is 6.49. The lowest BCUT2D eigenvalue weighted by Crippen LogP contribution is -2.18. The van der Waals surface area contributed by atoms with Crippen LogP contribution in [0.1, 0.15) is 42.1 Å².